The molecule has 3 aromatic rings. The number of carbonyl (C=O) groups is 1. The molecule has 35 heavy (non-hydrogen) atoms. The van der Waals surface area contributed by atoms with Crippen LogP contribution in [0.4, 0.5) is 22.0 Å². The minimum absolute atomic E-state index is 0.120. The molecule has 0 aliphatic heterocycles. The summed E-state index contributed by atoms with van der Waals surface area (Å²) in [5.74, 6) is -3.61. The molecule has 4 rings (SSSR count). The lowest BCUT2D eigenvalue weighted by molar-refractivity contribution is -0.137. The molecule has 12 heteroatoms. The summed E-state index contributed by atoms with van der Waals surface area (Å²) in [5.41, 5.74) is 2.12. The maximum absolute atomic E-state index is 13.8. The Labute approximate surface area is 198 Å². The van der Waals surface area contributed by atoms with Crippen LogP contribution in [0.2, 0.25) is 0 Å². The third-order valence-corrected chi connectivity index (χ3v) is 6.39. The number of rotatable bonds is 7. The number of aryl methyl sites for hydroxylation is 1. The standard InChI is InChI=1S/C23H25F5N6O/c1-3-15-10-19-31-18(13-34(19)29-11-15)20(16-4-6-22(24,25)7-5-16)32-21(35)17-12-30-33(14(17)2)9-8-23(26,27)28/h3,10-13,16,20H,1,4-9H2,2H3,(H,32,35)/t20-/m0/s1. The Hall–Kier alpha value is -3.31. The van der Waals surface area contributed by atoms with Crippen molar-refractivity contribution >= 4 is 17.6 Å². The van der Waals surface area contributed by atoms with E-state index in [2.05, 4.69) is 27.1 Å². The smallest absolute Gasteiger partial charge is 0.343 e. The number of hydrogen-bond acceptors (Lipinski definition) is 4. The number of nitrogens with one attached hydrogen (secondary N) is 1. The molecular formula is C23H25F5N6O. The molecule has 0 unspecified atom stereocenters. The SMILES string of the molecule is C=Cc1cnn2cc([C@@H](NC(=O)c3cnn(CCC(F)(F)F)c3C)C3CCC(F)(F)CC3)nc2c1. The van der Waals surface area contributed by atoms with E-state index in [1.807, 2.05) is 0 Å². The summed E-state index contributed by atoms with van der Waals surface area (Å²) in [5, 5.41) is 11.1. The van der Waals surface area contributed by atoms with Crippen molar-refractivity contribution in [3.63, 3.8) is 0 Å². The van der Waals surface area contributed by atoms with Gasteiger partial charge in [-0.05, 0) is 37.3 Å². The highest BCUT2D eigenvalue weighted by Crippen LogP contribution is 2.41. The lowest BCUT2D eigenvalue weighted by Crippen LogP contribution is -2.37. The van der Waals surface area contributed by atoms with Gasteiger partial charge in [0.05, 0.1) is 42.3 Å². The number of aromatic nitrogens is 5. The molecule has 0 radical (unpaired) electrons. The van der Waals surface area contributed by atoms with Crippen LogP contribution < -0.4 is 5.32 Å². The molecule has 1 aliphatic carbocycles. The predicted octanol–water partition coefficient (Wildman–Crippen LogP) is 5.13. The Bertz CT molecular complexity index is 1220. The van der Waals surface area contributed by atoms with E-state index in [9.17, 15) is 26.7 Å². The maximum atomic E-state index is 13.8. The Morgan fingerprint density at radius 3 is 2.66 bits per heavy atom. The lowest BCUT2D eigenvalue weighted by atomic mass is 9.81. The van der Waals surface area contributed by atoms with Gasteiger partial charge in [-0.3, -0.25) is 9.48 Å². The van der Waals surface area contributed by atoms with Crippen molar-refractivity contribution in [3.8, 4) is 0 Å². The second-order valence-electron chi connectivity index (χ2n) is 8.84. The molecule has 1 atom stereocenters. The normalized spacial score (nSPS) is 17.4. The van der Waals surface area contributed by atoms with Crippen LogP contribution in [0, 0.1) is 12.8 Å². The third-order valence-electron chi connectivity index (χ3n) is 6.39. The van der Waals surface area contributed by atoms with Gasteiger partial charge in [-0.25, -0.2) is 18.3 Å². The summed E-state index contributed by atoms with van der Waals surface area (Å²) in [7, 11) is 0. The second-order valence-corrected chi connectivity index (χ2v) is 8.84. The molecule has 188 valence electrons. The molecule has 1 fully saturated rings. The number of hydrogen-bond donors (Lipinski definition) is 1. The largest absolute Gasteiger partial charge is 0.390 e. The molecule has 0 bridgehead atoms. The van der Waals surface area contributed by atoms with Crippen LogP contribution in [-0.2, 0) is 6.54 Å². The molecular weight excluding hydrogens is 471 g/mol. The summed E-state index contributed by atoms with van der Waals surface area (Å²) >= 11 is 0. The molecule has 0 aromatic carbocycles. The first-order chi connectivity index (χ1) is 16.5. The molecule has 3 aromatic heterocycles. The van der Waals surface area contributed by atoms with Crippen molar-refractivity contribution in [2.45, 2.75) is 63.7 Å². The molecule has 3 heterocycles. The van der Waals surface area contributed by atoms with Crippen molar-refractivity contribution < 1.29 is 26.7 Å². The van der Waals surface area contributed by atoms with Gasteiger partial charge in [-0.1, -0.05) is 12.7 Å². The fraction of sp³-hybridized carbons (Fsp3) is 0.478. The zero-order chi connectivity index (χ0) is 25.4. The number of halogens is 5. The number of imidazole rings is 1. The minimum atomic E-state index is -4.35. The van der Waals surface area contributed by atoms with Gasteiger partial charge in [0, 0.05) is 25.1 Å². The Morgan fingerprint density at radius 2 is 2.00 bits per heavy atom. The molecule has 7 nitrogen and oxygen atoms in total. The summed E-state index contributed by atoms with van der Waals surface area (Å²) < 4.78 is 68.1. The number of nitrogens with zero attached hydrogens (tertiary/aromatic N) is 5. The summed E-state index contributed by atoms with van der Waals surface area (Å²) in [6.07, 6.45) is 0.404. The highest BCUT2D eigenvalue weighted by Gasteiger charge is 2.39. The van der Waals surface area contributed by atoms with E-state index in [4.69, 9.17) is 0 Å². The summed E-state index contributed by atoms with van der Waals surface area (Å²) in [6, 6.07) is 1.07. The van der Waals surface area contributed by atoms with E-state index >= 15 is 0 Å². The van der Waals surface area contributed by atoms with Crippen LogP contribution in [0.5, 0.6) is 0 Å². The van der Waals surface area contributed by atoms with E-state index in [-0.39, 0.29) is 42.9 Å². The van der Waals surface area contributed by atoms with Crippen LogP contribution in [0.15, 0.2) is 31.2 Å². The fourth-order valence-electron chi connectivity index (χ4n) is 4.35. The van der Waals surface area contributed by atoms with Gasteiger partial charge in [-0.2, -0.15) is 23.4 Å². The highest BCUT2D eigenvalue weighted by atomic mass is 19.4. The zero-order valence-corrected chi connectivity index (χ0v) is 19.0. The monoisotopic (exact) mass is 496 g/mol. The van der Waals surface area contributed by atoms with Gasteiger partial charge >= 0.3 is 6.18 Å². The quantitative estimate of drug-likeness (QED) is 0.461. The molecule has 1 saturated carbocycles. The van der Waals surface area contributed by atoms with Crippen molar-refractivity contribution in [2.75, 3.05) is 0 Å². The van der Waals surface area contributed by atoms with Crippen molar-refractivity contribution in [1.82, 2.24) is 29.7 Å². The average Bonchev–Trinajstić information content (AvgIpc) is 3.38. The third kappa shape index (κ3) is 5.68. The van der Waals surface area contributed by atoms with Crippen LogP contribution in [-0.4, -0.2) is 42.4 Å². The summed E-state index contributed by atoms with van der Waals surface area (Å²) in [6.45, 7) is 4.81. The van der Waals surface area contributed by atoms with Crippen LogP contribution in [0.25, 0.3) is 11.7 Å². The summed E-state index contributed by atoms with van der Waals surface area (Å²) in [4.78, 5) is 17.7. The molecule has 1 amide bonds. The molecule has 1 aliphatic rings. The van der Waals surface area contributed by atoms with Gasteiger partial charge in [0.1, 0.15) is 0 Å². The Balaban J connectivity index is 1.60. The Kier molecular flexibility index (Phi) is 6.65. The first kappa shape index (κ1) is 24.8. The average molecular weight is 496 g/mol. The van der Waals surface area contributed by atoms with E-state index in [0.29, 0.717) is 11.3 Å². The fourth-order valence-corrected chi connectivity index (χ4v) is 4.35. The van der Waals surface area contributed by atoms with Crippen LogP contribution in [0.1, 0.15) is 65.5 Å². The van der Waals surface area contributed by atoms with Crippen LogP contribution >= 0.6 is 0 Å². The van der Waals surface area contributed by atoms with Crippen molar-refractivity contribution in [3.05, 3.63) is 53.8 Å². The molecule has 0 spiro atoms. The number of amides is 1. The number of alkyl halides is 5. The number of carbonyl (C=O) groups excluding carboxylic acids is 1. The Morgan fingerprint density at radius 1 is 1.29 bits per heavy atom. The number of fused-ring (bicyclic) bond motifs is 1. The van der Waals surface area contributed by atoms with Crippen LogP contribution in [0.3, 0.4) is 0 Å². The second kappa shape index (κ2) is 9.38. The van der Waals surface area contributed by atoms with E-state index in [0.717, 1.165) is 10.2 Å². The lowest BCUT2D eigenvalue weighted by Gasteiger charge is -2.33. The topological polar surface area (TPSA) is 77.1 Å². The van der Waals surface area contributed by atoms with E-state index in [1.54, 1.807) is 24.5 Å². The van der Waals surface area contributed by atoms with Gasteiger partial charge in [0.2, 0.25) is 5.92 Å². The zero-order valence-electron chi connectivity index (χ0n) is 19.0. The van der Waals surface area contributed by atoms with Gasteiger partial charge in [0.15, 0.2) is 5.65 Å². The van der Waals surface area contributed by atoms with E-state index < -0.39 is 37.0 Å². The van der Waals surface area contributed by atoms with Gasteiger partial charge in [0.25, 0.3) is 5.91 Å². The minimum Gasteiger partial charge on any atom is -0.343 e. The van der Waals surface area contributed by atoms with Gasteiger partial charge in [-0.15, -0.1) is 0 Å². The van der Waals surface area contributed by atoms with Crippen molar-refractivity contribution in [2.24, 2.45) is 5.92 Å². The van der Waals surface area contributed by atoms with Gasteiger partial charge < -0.3 is 5.32 Å². The van der Waals surface area contributed by atoms with Crippen molar-refractivity contribution in [1.29, 1.82) is 0 Å². The first-order valence-electron chi connectivity index (χ1n) is 11.2. The predicted molar refractivity (Wildman–Crippen MR) is 118 cm³/mol. The van der Waals surface area contributed by atoms with E-state index in [1.165, 1.54) is 17.6 Å². The highest BCUT2D eigenvalue weighted by molar-refractivity contribution is 5.95. The first-order valence-corrected chi connectivity index (χ1v) is 11.2. The molecule has 1 N–H and O–H groups in total. The molecule has 0 saturated heterocycles. The maximum Gasteiger partial charge on any atom is 0.390 e.